The molecular weight excluding hydrogens is 392 g/mol. The van der Waals surface area contributed by atoms with Gasteiger partial charge in [-0.2, -0.15) is 0 Å². The first kappa shape index (κ1) is 19.7. The van der Waals surface area contributed by atoms with Crippen molar-refractivity contribution in [2.75, 3.05) is 26.2 Å². The number of nitrogens with zero attached hydrogens (tertiary/aromatic N) is 2. The first-order valence-corrected chi connectivity index (χ1v) is 10.7. The number of aliphatic hydroxyl groups is 1. The lowest BCUT2D eigenvalue weighted by atomic mass is 9.87. The molecule has 158 valence electrons. The number of fused-ring (bicyclic) bond motifs is 1. The Labute approximate surface area is 180 Å². The Morgan fingerprint density at radius 2 is 1.52 bits per heavy atom. The zero-order valence-electron chi connectivity index (χ0n) is 17.2. The van der Waals surface area contributed by atoms with Crippen molar-refractivity contribution in [3.05, 3.63) is 70.8 Å². The maximum absolute atomic E-state index is 12.9. The molecular formula is C25H24N2O4. The van der Waals surface area contributed by atoms with Crippen LogP contribution < -0.4 is 0 Å². The van der Waals surface area contributed by atoms with E-state index < -0.39 is 5.60 Å². The topological polar surface area (TPSA) is 77.9 Å². The van der Waals surface area contributed by atoms with Gasteiger partial charge in [0.15, 0.2) is 5.78 Å². The minimum Gasteiger partial charge on any atom is -0.380 e. The van der Waals surface area contributed by atoms with Gasteiger partial charge >= 0.3 is 0 Å². The number of carbonyl (C=O) groups excluding carboxylic acids is 3. The summed E-state index contributed by atoms with van der Waals surface area (Å²) in [7, 11) is 0. The molecule has 2 amide bonds. The normalized spacial score (nSPS) is 19.5. The molecule has 0 aromatic heterocycles. The minimum atomic E-state index is -1.16. The van der Waals surface area contributed by atoms with Gasteiger partial charge in [0.2, 0.25) is 0 Å². The van der Waals surface area contributed by atoms with Crippen LogP contribution in [0.15, 0.2) is 48.5 Å². The van der Waals surface area contributed by atoms with Gasteiger partial charge in [0.25, 0.3) is 11.8 Å². The van der Waals surface area contributed by atoms with Crippen molar-refractivity contribution in [1.82, 2.24) is 9.80 Å². The molecule has 31 heavy (non-hydrogen) atoms. The smallest absolute Gasteiger partial charge is 0.254 e. The van der Waals surface area contributed by atoms with Gasteiger partial charge in [-0.25, -0.2) is 0 Å². The van der Waals surface area contributed by atoms with Crippen molar-refractivity contribution >= 4 is 29.2 Å². The van der Waals surface area contributed by atoms with Gasteiger partial charge in [0.05, 0.1) is 0 Å². The van der Waals surface area contributed by atoms with Crippen LogP contribution >= 0.6 is 0 Å². The van der Waals surface area contributed by atoms with Crippen molar-refractivity contribution in [2.45, 2.75) is 24.9 Å². The highest BCUT2D eigenvalue weighted by molar-refractivity contribution is 6.27. The lowest BCUT2D eigenvalue weighted by molar-refractivity contribution is -0.143. The number of rotatable bonds is 3. The zero-order valence-corrected chi connectivity index (χ0v) is 17.2. The third kappa shape index (κ3) is 3.68. The second-order valence-electron chi connectivity index (χ2n) is 8.55. The zero-order chi connectivity index (χ0) is 21.6. The van der Waals surface area contributed by atoms with Crippen LogP contribution in [-0.4, -0.2) is 64.3 Å². The molecule has 2 aromatic carbocycles. The Kier molecular flexibility index (Phi) is 4.74. The minimum absolute atomic E-state index is 0.0795. The summed E-state index contributed by atoms with van der Waals surface area (Å²) >= 11 is 0. The van der Waals surface area contributed by atoms with E-state index in [1.165, 1.54) is 0 Å². The van der Waals surface area contributed by atoms with Crippen molar-refractivity contribution < 1.29 is 19.5 Å². The van der Waals surface area contributed by atoms with Crippen LogP contribution in [0, 0.1) is 0 Å². The van der Waals surface area contributed by atoms with Crippen LogP contribution in [0.2, 0.25) is 0 Å². The van der Waals surface area contributed by atoms with Gasteiger partial charge in [-0.15, -0.1) is 0 Å². The molecule has 5 rings (SSSR count). The number of Topliss-reactive ketones (excluding diaryl/α,β-unsaturated/α-hetero) is 1. The van der Waals surface area contributed by atoms with E-state index in [0.29, 0.717) is 56.6 Å². The summed E-state index contributed by atoms with van der Waals surface area (Å²) in [5.74, 6) is -0.218. The van der Waals surface area contributed by atoms with Crippen LogP contribution in [0.1, 0.15) is 39.9 Å². The fourth-order valence-electron chi connectivity index (χ4n) is 4.30. The van der Waals surface area contributed by atoms with Crippen LogP contribution in [0.3, 0.4) is 0 Å². The van der Waals surface area contributed by atoms with E-state index in [0.717, 1.165) is 16.7 Å². The molecule has 1 heterocycles. The number of hydrogen-bond donors (Lipinski definition) is 1. The number of hydrogen-bond acceptors (Lipinski definition) is 4. The monoisotopic (exact) mass is 416 g/mol. The fraction of sp³-hybridized carbons (Fsp3) is 0.320. The second kappa shape index (κ2) is 7.46. The first-order chi connectivity index (χ1) is 14.9. The molecule has 1 aliphatic heterocycles. The molecule has 0 unspecified atom stereocenters. The van der Waals surface area contributed by atoms with E-state index in [1.807, 2.05) is 42.5 Å². The standard InChI is InChI=1S/C25H24N2O4/c28-22-16-20-4-2-1-3-19(20)15-21(22)17-5-7-18(8-6-17)23(29)26-11-13-27(14-12-26)24(30)25(31)9-10-25/h1-8,15,31H,9-14,16H2. The van der Waals surface area contributed by atoms with Crippen molar-refractivity contribution in [3.8, 4) is 0 Å². The maximum atomic E-state index is 12.9. The summed E-state index contributed by atoms with van der Waals surface area (Å²) in [4.78, 5) is 41.1. The van der Waals surface area contributed by atoms with Crippen LogP contribution in [0.5, 0.6) is 0 Å². The fourth-order valence-corrected chi connectivity index (χ4v) is 4.30. The molecule has 6 heteroatoms. The van der Waals surface area contributed by atoms with E-state index in [2.05, 4.69) is 0 Å². The number of piperazine rings is 1. The van der Waals surface area contributed by atoms with E-state index in [-0.39, 0.29) is 17.6 Å². The molecule has 6 nitrogen and oxygen atoms in total. The number of carbonyl (C=O) groups is 3. The van der Waals surface area contributed by atoms with Gasteiger partial charge < -0.3 is 14.9 Å². The first-order valence-electron chi connectivity index (χ1n) is 10.7. The van der Waals surface area contributed by atoms with Crippen molar-refractivity contribution in [3.63, 3.8) is 0 Å². The molecule has 2 aliphatic carbocycles. The summed E-state index contributed by atoms with van der Waals surface area (Å²) in [6, 6.07) is 15.1. The molecule has 1 N–H and O–H groups in total. The molecule has 1 saturated heterocycles. The summed E-state index contributed by atoms with van der Waals surface area (Å²) in [5, 5.41) is 10.0. The van der Waals surface area contributed by atoms with Crippen LogP contribution in [0.25, 0.3) is 11.6 Å². The molecule has 0 radical (unpaired) electrons. The van der Waals surface area contributed by atoms with Gasteiger partial charge in [-0.1, -0.05) is 36.4 Å². The van der Waals surface area contributed by atoms with Crippen LogP contribution in [0.4, 0.5) is 0 Å². The average Bonchev–Trinajstić information content (AvgIpc) is 3.56. The summed E-state index contributed by atoms with van der Waals surface area (Å²) in [5.41, 5.74) is 2.98. The van der Waals surface area contributed by atoms with Crippen LogP contribution in [-0.2, 0) is 16.0 Å². The molecule has 0 bridgehead atoms. The van der Waals surface area contributed by atoms with E-state index in [4.69, 9.17) is 0 Å². The SMILES string of the molecule is O=C1Cc2ccccc2C=C1c1ccc(C(=O)N2CCN(C(=O)C3(O)CC3)CC2)cc1. The molecule has 2 fully saturated rings. The molecule has 0 atom stereocenters. The summed E-state index contributed by atoms with van der Waals surface area (Å²) in [6.45, 7) is 1.77. The quantitative estimate of drug-likeness (QED) is 0.832. The molecule has 1 saturated carbocycles. The Morgan fingerprint density at radius 3 is 2.19 bits per heavy atom. The third-order valence-corrected chi connectivity index (χ3v) is 6.43. The second-order valence-corrected chi connectivity index (χ2v) is 8.55. The average molecular weight is 416 g/mol. The van der Waals surface area contributed by atoms with E-state index >= 15 is 0 Å². The van der Waals surface area contributed by atoms with E-state index in [1.54, 1.807) is 21.9 Å². The highest BCUT2D eigenvalue weighted by Gasteiger charge is 2.50. The predicted molar refractivity (Wildman–Crippen MR) is 116 cm³/mol. The van der Waals surface area contributed by atoms with Crippen molar-refractivity contribution in [1.29, 1.82) is 0 Å². The maximum Gasteiger partial charge on any atom is 0.254 e. The Balaban J connectivity index is 1.26. The van der Waals surface area contributed by atoms with E-state index in [9.17, 15) is 19.5 Å². The number of benzene rings is 2. The van der Waals surface area contributed by atoms with Crippen molar-refractivity contribution in [2.24, 2.45) is 0 Å². The predicted octanol–water partition coefficient (Wildman–Crippen LogP) is 2.16. The highest BCUT2D eigenvalue weighted by atomic mass is 16.3. The number of allylic oxidation sites excluding steroid dienone is 1. The molecule has 0 spiro atoms. The largest absolute Gasteiger partial charge is 0.380 e. The summed E-state index contributed by atoms with van der Waals surface area (Å²) in [6.07, 6.45) is 3.37. The van der Waals surface area contributed by atoms with Gasteiger partial charge in [-0.3, -0.25) is 14.4 Å². The Morgan fingerprint density at radius 1 is 0.871 bits per heavy atom. The van der Waals surface area contributed by atoms with Gasteiger partial charge in [0, 0.05) is 43.7 Å². The highest BCUT2D eigenvalue weighted by Crippen LogP contribution is 2.37. The Hall–Kier alpha value is -3.25. The molecule has 3 aliphatic rings. The lowest BCUT2D eigenvalue weighted by Crippen LogP contribution is -2.53. The lowest BCUT2D eigenvalue weighted by Gasteiger charge is -2.35. The van der Waals surface area contributed by atoms with Gasteiger partial charge in [-0.05, 0) is 47.7 Å². The third-order valence-electron chi connectivity index (χ3n) is 6.43. The van der Waals surface area contributed by atoms with Gasteiger partial charge in [0.1, 0.15) is 5.60 Å². The number of ketones is 1. The Bertz CT molecular complexity index is 1090. The molecule has 2 aromatic rings. The number of amides is 2. The summed E-state index contributed by atoms with van der Waals surface area (Å²) < 4.78 is 0.